The van der Waals surface area contributed by atoms with Gasteiger partial charge in [-0.1, -0.05) is 12.1 Å². The van der Waals surface area contributed by atoms with Crippen molar-refractivity contribution in [2.75, 3.05) is 13.6 Å². The summed E-state index contributed by atoms with van der Waals surface area (Å²) in [5, 5.41) is 18.9. The fraction of sp³-hybridized carbons (Fsp3) is 0.364. The van der Waals surface area contributed by atoms with Gasteiger partial charge in [0.2, 0.25) is 0 Å². The summed E-state index contributed by atoms with van der Waals surface area (Å²) in [5.41, 5.74) is 0.551. The van der Waals surface area contributed by atoms with Crippen molar-refractivity contribution in [3.05, 3.63) is 39.9 Å². The number of non-ortho nitro benzene ring substituents is 1. The van der Waals surface area contributed by atoms with E-state index in [1.165, 1.54) is 31.3 Å². The van der Waals surface area contributed by atoms with Crippen molar-refractivity contribution in [1.29, 1.82) is 5.26 Å². The Hall–Kier alpha value is -2.02. The average Bonchev–Trinajstić information content (AvgIpc) is 2.43. The van der Waals surface area contributed by atoms with Gasteiger partial charge in [0.15, 0.2) is 0 Å². The third kappa shape index (κ3) is 4.58. The zero-order valence-corrected chi connectivity index (χ0v) is 11.6. The predicted octanol–water partition coefficient (Wildman–Crippen LogP) is 0.775. The van der Waals surface area contributed by atoms with Gasteiger partial charge >= 0.3 is 0 Å². The summed E-state index contributed by atoms with van der Waals surface area (Å²) in [7, 11) is -2.29. The second kappa shape index (κ2) is 6.95. The Morgan fingerprint density at radius 3 is 2.50 bits per heavy atom. The normalized spacial score (nSPS) is 11.2. The molecular formula is C11H14N4O4S. The van der Waals surface area contributed by atoms with Crippen LogP contribution in [0.25, 0.3) is 0 Å². The number of nitro benzene ring substituents is 1. The molecule has 9 heteroatoms. The van der Waals surface area contributed by atoms with Crippen LogP contribution in [0.2, 0.25) is 0 Å². The number of nitriles is 1. The molecule has 1 rings (SSSR count). The first-order valence-electron chi connectivity index (χ1n) is 5.68. The summed E-state index contributed by atoms with van der Waals surface area (Å²) in [6.45, 7) is 0.128. The van der Waals surface area contributed by atoms with Gasteiger partial charge in [0.1, 0.15) is 0 Å². The van der Waals surface area contributed by atoms with Gasteiger partial charge in [0.05, 0.1) is 11.0 Å². The maximum absolute atomic E-state index is 11.8. The molecule has 0 spiro atoms. The predicted molar refractivity (Wildman–Crippen MR) is 71.7 cm³/mol. The zero-order chi connectivity index (χ0) is 15.2. The van der Waals surface area contributed by atoms with Crippen LogP contribution in [-0.4, -0.2) is 31.2 Å². The molecule has 0 amide bonds. The van der Waals surface area contributed by atoms with E-state index in [4.69, 9.17) is 5.26 Å². The fourth-order valence-corrected chi connectivity index (χ4v) is 2.25. The number of nitro groups is 1. The van der Waals surface area contributed by atoms with E-state index in [1.807, 2.05) is 6.07 Å². The van der Waals surface area contributed by atoms with E-state index < -0.39 is 15.1 Å². The van der Waals surface area contributed by atoms with Gasteiger partial charge in [-0.05, 0) is 5.56 Å². The first-order chi connectivity index (χ1) is 9.36. The molecule has 0 saturated carbocycles. The first-order valence-corrected chi connectivity index (χ1v) is 7.12. The van der Waals surface area contributed by atoms with Gasteiger partial charge in [0.25, 0.3) is 15.9 Å². The van der Waals surface area contributed by atoms with Crippen LogP contribution in [-0.2, 0) is 16.8 Å². The number of nitrogens with one attached hydrogen (secondary N) is 1. The number of hydrogen-bond acceptors (Lipinski definition) is 5. The van der Waals surface area contributed by atoms with Crippen molar-refractivity contribution >= 4 is 15.9 Å². The molecule has 0 aliphatic rings. The van der Waals surface area contributed by atoms with Crippen molar-refractivity contribution < 1.29 is 13.3 Å². The van der Waals surface area contributed by atoms with Crippen LogP contribution >= 0.6 is 0 Å². The maximum atomic E-state index is 11.8. The summed E-state index contributed by atoms with van der Waals surface area (Å²) < 4.78 is 27.0. The minimum atomic E-state index is -3.66. The quantitative estimate of drug-likeness (QED) is 0.589. The second-order valence-corrected chi connectivity index (χ2v) is 5.84. The molecule has 8 nitrogen and oxygen atoms in total. The van der Waals surface area contributed by atoms with E-state index in [-0.39, 0.29) is 25.2 Å². The highest BCUT2D eigenvalue weighted by molar-refractivity contribution is 7.87. The molecular weight excluding hydrogens is 284 g/mol. The Kier molecular flexibility index (Phi) is 5.57. The van der Waals surface area contributed by atoms with Crippen molar-refractivity contribution in [3.63, 3.8) is 0 Å². The van der Waals surface area contributed by atoms with Crippen LogP contribution in [0.4, 0.5) is 5.69 Å². The minimum Gasteiger partial charge on any atom is -0.258 e. The van der Waals surface area contributed by atoms with Crippen LogP contribution in [0.15, 0.2) is 24.3 Å². The Balaban J connectivity index is 2.62. The molecule has 0 atom stereocenters. The largest absolute Gasteiger partial charge is 0.279 e. The van der Waals surface area contributed by atoms with Crippen molar-refractivity contribution in [3.8, 4) is 6.07 Å². The smallest absolute Gasteiger partial charge is 0.258 e. The van der Waals surface area contributed by atoms with Crippen LogP contribution < -0.4 is 4.72 Å². The third-order valence-electron chi connectivity index (χ3n) is 2.55. The molecule has 0 aliphatic carbocycles. The van der Waals surface area contributed by atoms with Gasteiger partial charge < -0.3 is 0 Å². The summed E-state index contributed by atoms with van der Waals surface area (Å²) in [6, 6.07) is 7.44. The minimum absolute atomic E-state index is 0.0250. The van der Waals surface area contributed by atoms with Gasteiger partial charge in [-0.15, -0.1) is 0 Å². The molecule has 0 fully saturated rings. The van der Waals surface area contributed by atoms with Gasteiger partial charge in [-0.2, -0.15) is 22.7 Å². The van der Waals surface area contributed by atoms with E-state index in [1.54, 1.807) is 0 Å². The molecule has 0 bridgehead atoms. The monoisotopic (exact) mass is 298 g/mol. The molecule has 0 aliphatic heterocycles. The van der Waals surface area contributed by atoms with Crippen molar-refractivity contribution in [2.45, 2.75) is 13.0 Å². The highest BCUT2D eigenvalue weighted by Crippen LogP contribution is 2.12. The molecule has 1 aromatic carbocycles. The Morgan fingerprint density at radius 1 is 1.40 bits per heavy atom. The summed E-state index contributed by atoms with van der Waals surface area (Å²) in [6.07, 6.45) is 0.106. The molecule has 1 aromatic rings. The molecule has 0 unspecified atom stereocenters. The summed E-state index contributed by atoms with van der Waals surface area (Å²) >= 11 is 0. The van der Waals surface area contributed by atoms with Crippen LogP contribution in [0, 0.1) is 21.4 Å². The average molecular weight is 298 g/mol. The molecule has 1 N–H and O–H groups in total. The van der Waals surface area contributed by atoms with Crippen molar-refractivity contribution in [2.24, 2.45) is 0 Å². The number of hydrogen-bond donors (Lipinski definition) is 1. The van der Waals surface area contributed by atoms with E-state index >= 15 is 0 Å². The number of nitrogens with zero attached hydrogens (tertiary/aromatic N) is 3. The van der Waals surface area contributed by atoms with Gasteiger partial charge in [-0.25, -0.2) is 0 Å². The molecule has 108 valence electrons. The highest BCUT2D eigenvalue weighted by atomic mass is 32.2. The van der Waals surface area contributed by atoms with Crippen LogP contribution in [0.1, 0.15) is 12.0 Å². The lowest BCUT2D eigenvalue weighted by molar-refractivity contribution is -0.384. The Morgan fingerprint density at radius 2 is 2.00 bits per heavy atom. The molecule has 0 saturated heterocycles. The maximum Gasteiger partial charge on any atom is 0.279 e. The van der Waals surface area contributed by atoms with E-state index in [0.717, 1.165) is 4.31 Å². The zero-order valence-electron chi connectivity index (χ0n) is 10.8. The van der Waals surface area contributed by atoms with Crippen LogP contribution in [0.3, 0.4) is 0 Å². The lowest BCUT2D eigenvalue weighted by Crippen LogP contribution is -2.38. The SMILES string of the molecule is CN(CCC#N)S(=O)(=O)NCc1ccc([N+](=O)[O-])cc1. The molecule has 0 aromatic heterocycles. The second-order valence-electron chi connectivity index (χ2n) is 3.98. The molecule has 20 heavy (non-hydrogen) atoms. The van der Waals surface area contributed by atoms with Gasteiger partial charge in [-0.3, -0.25) is 10.1 Å². The van der Waals surface area contributed by atoms with Crippen molar-refractivity contribution in [1.82, 2.24) is 9.03 Å². The lowest BCUT2D eigenvalue weighted by atomic mass is 10.2. The summed E-state index contributed by atoms with van der Waals surface area (Å²) in [4.78, 5) is 9.96. The highest BCUT2D eigenvalue weighted by Gasteiger charge is 2.16. The topological polar surface area (TPSA) is 116 Å². The number of rotatable bonds is 7. The molecule has 0 radical (unpaired) electrons. The number of benzene rings is 1. The molecule has 0 heterocycles. The van der Waals surface area contributed by atoms with E-state index in [9.17, 15) is 18.5 Å². The lowest BCUT2D eigenvalue weighted by Gasteiger charge is -2.16. The Bertz CT molecular complexity index is 606. The third-order valence-corrected chi connectivity index (χ3v) is 4.07. The summed E-state index contributed by atoms with van der Waals surface area (Å²) in [5.74, 6) is 0. The van der Waals surface area contributed by atoms with Crippen LogP contribution in [0.5, 0.6) is 0 Å². The standard InChI is InChI=1S/C11H14N4O4S/c1-14(8-2-7-12)20(18,19)13-9-10-3-5-11(6-4-10)15(16)17/h3-6,13H,2,8-9H2,1H3. The Labute approximate surface area is 117 Å². The fourth-order valence-electron chi connectivity index (χ4n) is 1.35. The van der Waals surface area contributed by atoms with E-state index in [2.05, 4.69) is 4.72 Å². The van der Waals surface area contributed by atoms with E-state index in [0.29, 0.717) is 5.56 Å². The van der Waals surface area contributed by atoms with Gasteiger partial charge in [0, 0.05) is 38.7 Å². The first kappa shape index (κ1) is 16.0.